The zero-order chi connectivity index (χ0) is 20.3. The molecule has 1 saturated heterocycles. The number of benzene rings is 2. The number of likely N-dealkylation sites (tertiary alicyclic amines) is 1. The van der Waals surface area contributed by atoms with Gasteiger partial charge in [-0.25, -0.2) is 4.79 Å². The quantitative estimate of drug-likeness (QED) is 0.814. The second kappa shape index (κ2) is 8.59. The fraction of sp³-hybridized carbons (Fsp3) is 0.417. The second-order valence-electron chi connectivity index (χ2n) is 8.13. The highest BCUT2D eigenvalue weighted by Gasteiger charge is 2.25. The largest absolute Gasteiger partial charge is 0.478 e. The van der Waals surface area contributed by atoms with Crippen LogP contribution in [0.15, 0.2) is 42.5 Å². The summed E-state index contributed by atoms with van der Waals surface area (Å²) < 4.78 is 0. The Kier molecular flexibility index (Phi) is 6.18. The Balaban J connectivity index is 1.68. The van der Waals surface area contributed by atoms with Gasteiger partial charge < -0.3 is 10.0 Å². The lowest BCUT2D eigenvalue weighted by Crippen LogP contribution is -2.40. The minimum Gasteiger partial charge on any atom is -0.478 e. The normalized spacial score (nSPS) is 17.0. The molecule has 4 nitrogen and oxygen atoms in total. The van der Waals surface area contributed by atoms with Crippen LogP contribution < -0.4 is 0 Å². The first-order chi connectivity index (χ1) is 13.3. The van der Waals surface area contributed by atoms with E-state index >= 15 is 0 Å². The van der Waals surface area contributed by atoms with Gasteiger partial charge in [0.2, 0.25) is 5.91 Å². The first-order valence-corrected chi connectivity index (χ1v) is 10.1. The summed E-state index contributed by atoms with van der Waals surface area (Å²) in [7, 11) is 0. The van der Waals surface area contributed by atoms with Gasteiger partial charge in [-0.05, 0) is 54.0 Å². The van der Waals surface area contributed by atoms with Crippen molar-refractivity contribution in [3.8, 4) is 0 Å². The molecule has 1 amide bonds. The van der Waals surface area contributed by atoms with Gasteiger partial charge in [-0.15, -0.1) is 0 Å². The average molecular weight is 380 g/mol. The number of hydrogen-bond donors (Lipinski definition) is 1. The Morgan fingerprint density at radius 3 is 2.50 bits per heavy atom. The number of carbonyl (C=O) groups is 2. The second-order valence-corrected chi connectivity index (χ2v) is 8.13. The zero-order valence-corrected chi connectivity index (χ0v) is 16.9. The van der Waals surface area contributed by atoms with Crippen molar-refractivity contribution >= 4 is 11.9 Å². The number of piperidine rings is 1. The van der Waals surface area contributed by atoms with E-state index in [0.717, 1.165) is 36.1 Å². The van der Waals surface area contributed by atoms with E-state index in [2.05, 4.69) is 26.0 Å². The lowest BCUT2D eigenvalue weighted by molar-refractivity contribution is -0.131. The van der Waals surface area contributed by atoms with Gasteiger partial charge in [-0.2, -0.15) is 0 Å². The van der Waals surface area contributed by atoms with Crippen LogP contribution in [0.5, 0.6) is 0 Å². The van der Waals surface area contributed by atoms with Crippen LogP contribution in [0, 0.1) is 6.92 Å². The number of hydrogen-bond acceptors (Lipinski definition) is 2. The van der Waals surface area contributed by atoms with Crippen molar-refractivity contribution in [3.05, 3.63) is 70.3 Å². The molecule has 3 rings (SSSR count). The summed E-state index contributed by atoms with van der Waals surface area (Å²) in [6, 6.07) is 14.0. The van der Waals surface area contributed by atoms with Crippen molar-refractivity contribution in [3.63, 3.8) is 0 Å². The monoisotopic (exact) mass is 379 g/mol. The van der Waals surface area contributed by atoms with E-state index in [0.29, 0.717) is 24.4 Å². The molecule has 2 aromatic rings. The van der Waals surface area contributed by atoms with Crippen molar-refractivity contribution in [2.45, 2.75) is 51.9 Å². The maximum absolute atomic E-state index is 12.8. The maximum atomic E-state index is 12.8. The molecule has 1 heterocycles. The van der Waals surface area contributed by atoms with Crippen LogP contribution in [-0.4, -0.2) is 35.0 Å². The highest BCUT2D eigenvalue weighted by atomic mass is 16.4. The molecule has 148 valence electrons. The van der Waals surface area contributed by atoms with Crippen molar-refractivity contribution in [2.24, 2.45) is 0 Å². The SMILES string of the molecule is Cc1ccc(C2CCCN(C(=O)Cc3ccc(C(C)C)cc3)C2)cc1C(=O)O. The topological polar surface area (TPSA) is 57.6 Å². The van der Waals surface area contributed by atoms with Crippen molar-refractivity contribution in [1.82, 2.24) is 4.90 Å². The van der Waals surface area contributed by atoms with Crippen molar-refractivity contribution in [1.29, 1.82) is 0 Å². The summed E-state index contributed by atoms with van der Waals surface area (Å²) in [5.74, 6) is -0.0713. The van der Waals surface area contributed by atoms with Crippen molar-refractivity contribution in [2.75, 3.05) is 13.1 Å². The minimum atomic E-state index is -0.895. The summed E-state index contributed by atoms with van der Waals surface area (Å²) in [5.41, 5.74) is 4.46. The summed E-state index contributed by atoms with van der Waals surface area (Å²) in [6.45, 7) is 7.57. The summed E-state index contributed by atoms with van der Waals surface area (Å²) in [4.78, 5) is 26.2. The minimum absolute atomic E-state index is 0.146. The molecule has 4 heteroatoms. The lowest BCUT2D eigenvalue weighted by atomic mass is 9.88. The summed E-state index contributed by atoms with van der Waals surface area (Å²) >= 11 is 0. The molecule has 1 unspecified atom stereocenters. The third-order valence-corrected chi connectivity index (χ3v) is 5.74. The molecule has 0 aliphatic carbocycles. The molecule has 2 aromatic carbocycles. The zero-order valence-electron chi connectivity index (χ0n) is 16.9. The molecule has 1 fully saturated rings. The van der Waals surface area contributed by atoms with E-state index in [-0.39, 0.29) is 11.8 Å². The Hall–Kier alpha value is -2.62. The van der Waals surface area contributed by atoms with E-state index in [1.807, 2.05) is 36.1 Å². The number of aryl methyl sites for hydroxylation is 1. The molecule has 1 aliphatic rings. The first-order valence-electron chi connectivity index (χ1n) is 10.1. The van der Waals surface area contributed by atoms with Gasteiger partial charge >= 0.3 is 5.97 Å². The molecule has 0 saturated carbocycles. The Morgan fingerprint density at radius 1 is 1.14 bits per heavy atom. The van der Waals surface area contributed by atoms with E-state index < -0.39 is 5.97 Å². The molecule has 1 N–H and O–H groups in total. The number of nitrogens with zero attached hydrogens (tertiary/aromatic N) is 1. The van der Waals surface area contributed by atoms with Crippen molar-refractivity contribution < 1.29 is 14.7 Å². The number of carbonyl (C=O) groups excluding carboxylic acids is 1. The molecule has 1 atom stereocenters. The molecule has 0 radical (unpaired) electrons. The van der Waals surface area contributed by atoms with Crippen LogP contribution in [-0.2, 0) is 11.2 Å². The molecular formula is C24H29NO3. The highest BCUT2D eigenvalue weighted by molar-refractivity contribution is 5.89. The number of amides is 1. The Labute approximate surface area is 167 Å². The van der Waals surface area contributed by atoms with Crippen LogP contribution in [0.2, 0.25) is 0 Å². The van der Waals surface area contributed by atoms with Gasteiger partial charge in [0, 0.05) is 19.0 Å². The van der Waals surface area contributed by atoms with Gasteiger partial charge in [-0.1, -0.05) is 50.2 Å². The number of carboxylic acid groups (broad SMARTS) is 1. The molecule has 0 spiro atoms. The first kappa shape index (κ1) is 20.1. The molecule has 28 heavy (non-hydrogen) atoms. The third kappa shape index (κ3) is 4.61. The maximum Gasteiger partial charge on any atom is 0.335 e. The van der Waals surface area contributed by atoms with Crippen LogP contribution >= 0.6 is 0 Å². The Morgan fingerprint density at radius 2 is 1.86 bits per heavy atom. The van der Waals surface area contributed by atoms with E-state index in [1.54, 1.807) is 6.07 Å². The molecular weight excluding hydrogens is 350 g/mol. The van der Waals surface area contributed by atoms with E-state index in [4.69, 9.17) is 0 Å². The van der Waals surface area contributed by atoms with E-state index in [9.17, 15) is 14.7 Å². The molecule has 0 aromatic heterocycles. The number of rotatable bonds is 5. The summed E-state index contributed by atoms with van der Waals surface area (Å²) in [6.07, 6.45) is 2.34. The molecule has 0 bridgehead atoms. The highest BCUT2D eigenvalue weighted by Crippen LogP contribution is 2.29. The van der Waals surface area contributed by atoms with Gasteiger partial charge in [-0.3, -0.25) is 4.79 Å². The van der Waals surface area contributed by atoms with E-state index in [1.165, 1.54) is 5.56 Å². The van der Waals surface area contributed by atoms with Gasteiger partial charge in [0.25, 0.3) is 0 Å². The number of carboxylic acids is 1. The van der Waals surface area contributed by atoms with Crippen LogP contribution in [0.25, 0.3) is 0 Å². The van der Waals surface area contributed by atoms with Gasteiger partial charge in [0.1, 0.15) is 0 Å². The summed E-state index contributed by atoms with van der Waals surface area (Å²) in [5, 5.41) is 9.38. The fourth-order valence-corrected chi connectivity index (χ4v) is 3.91. The predicted octanol–water partition coefficient (Wildman–Crippen LogP) is 4.77. The van der Waals surface area contributed by atoms with Crippen LogP contribution in [0.1, 0.15) is 71.1 Å². The van der Waals surface area contributed by atoms with Gasteiger partial charge in [0.15, 0.2) is 0 Å². The fourth-order valence-electron chi connectivity index (χ4n) is 3.91. The molecule has 1 aliphatic heterocycles. The van der Waals surface area contributed by atoms with Gasteiger partial charge in [0.05, 0.1) is 12.0 Å². The third-order valence-electron chi connectivity index (χ3n) is 5.74. The number of aromatic carboxylic acids is 1. The van der Waals surface area contributed by atoms with Crippen LogP contribution in [0.4, 0.5) is 0 Å². The lowest BCUT2D eigenvalue weighted by Gasteiger charge is -2.33. The standard InChI is InChI=1S/C24H29NO3/c1-16(2)19-10-7-18(8-11-19)13-23(26)25-12-4-5-21(15-25)20-9-6-17(3)22(14-20)24(27)28/h6-11,14,16,21H,4-5,12-13,15H2,1-3H3,(H,27,28). The smallest absolute Gasteiger partial charge is 0.335 e. The predicted molar refractivity (Wildman–Crippen MR) is 111 cm³/mol. The Bertz CT molecular complexity index is 855. The average Bonchev–Trinajstić information content (AvgIpc) is 2.68. The van der Waals surface area contributed by atoms with Crippen LogP contribution in [0.3, 0.4) is 0 Å².